The molecule has 1 aromatic heterocycles. The van der Waals surface area contributed by atoms with Crippen molar-refractivity contribution >= 4 is 5.91 Å². The molecule has 6 rings (SSSR count). The number of amides is 1. The zero-order valence-electron chi connectivity index (χ0n) is 16.8. The third-order valence-electron chi connectivity index (χ3n) is 7.08. The van der Waals surface area contributed by atoms with Crippen LogP contribution in [0.15, 0.2) is 30.6 Å². The minimum atomic E-state index is -0.0401. The predicted molar refractivity (Wildman–Crippen MR) is 109 cm³/mol. The van der Waals surface area contributed by atoms with Crippen molar-refractivity contribution < 1.29 is 9.53 Å². The molecular formula is C24H27N3O2. The van der Waals surface area contributed by atoms with Crippen molar-refractivity contribution in [1.29, 1.82) is 0 Å². The van der Waals surface area contributed by atoms with Gasteiger partial charge in [-0.2, -0.15) is 0 Å². The summed E-state index contributed by atoms with van der Waals surface area (Å²) >= 11 is 0. The zero-order valence-corrected chi connectivity index (χ0v) is 16.8. The second kappa shape index (κ2) is 6.63. The monoisotopic (exact) mass is 389 g/mol. The summed E-state index contributed by atoms with van der Waals surface area (Å²) in [6.07, 6.45) is 11.6. The Balaban J connectivity index is 1.12. The van der Waals surface area contributed by atoms with Gasteiger partial charge in [-0.3, -0.25) is 4.79 Å². The Hall–Kier alpha value is -2.27. The van der Waals surface area contributed by atoms with Crippen LogP contribution in [0.3, 0.4) is 0 Å². The number of carbonyl (C=O) groups is 1. The van der Waals surface area contributed by atoms with E-state index in [1.807, 2.05) is 4.90 Å². The molecule has 0 unspecified atom stereocenters. The molecule has 0 atom stereocenters. The first-order valence-electron chi connectivity index (χ1n) is 11.0. The molecule has 2 saturated carbocycles. The third kappa shape index (κ3) is 3.25. The average molecular weight is 389 g/mol. The number of aryl methyl sites for hydroxylation is 2. The molecule has 1 amide bonds. The Kier molecular flexibility index (Phi) is 4.02. The molecule has 29 heavy (non-hydrogen) atoms. The molecule has 3 heterocycles. The molecule has 2 aliphatic carbocycles. The second-order valence-electron chi connectivity index (χ2n) is 9.37. The van der Waals surface area contributed by atoms with Crippen LogP contribution in [0.2, 0.25) is 0 Å². The first-order valence-corrected chi connectivity index (χ1v) is 11.0. The van der Waals surface area contributed by atoms with E-state index in [1.165, 1.54) is 42.4 Å². The van der Waals surface area contributed by atoms with Gasteiger partial charge in [-0.15, -0.1) is 0 Å². The summed E-state index contributed by atoms with van der Waals surface area (Å²) in [5.74, 6) is 2.44. The van der Waals surface area contributed by atoms with Gasteiger partial charge in [0.25, 0.3) is 5.91 Å². The SMILES string of the molecule is O=C(c1cnc(CCc2cc(C3CC3)cc(C3CC3)c2)nc1)N1CCC12COC2. The summed E-state index contributed by atoms with van der Waals surface area (Å²) in [5.41, 5.74) is 5.03. The standard InChI is InChI=1S/C24H27N3O2/c28-23(27-8-7-24(27)14-29-15-24)21-12-25-22(26-13-21)6-1-16-9-19(17-2-3-17)11-20(10-16)18-4-5-18/h9-13,17-18H,1-8,14-15H2. The van der Waals surface area contributed by atoms with Gasteiger partial charge in [0.15, 0.2) is 0 Å². The second-order valence-corrected chi connectivity index (χ2v) is 9.37. The molecule has 150 valence electrons. The summed E-state index contributed by atoms with van der Waals surface area (Å²) in [5, 5.41) is 0. The number of rotatable bonds is 6. The summed E-state index contributed by atoms with van der Waals surface area (Å²) < 4.78 is 5.32. The molecule has 1 spiro atoms. The van der Waals surface area contributed by atoms with E-state index in [0.29, 0.717) is 18.8 Å². The number of likely N-dealkylation sites (tertiary alicyclic amines) is 1. The van der Waals surface area contributed by atoms with Gasteiger partial charge >= 0.3 is 0 Å². The predicted octanol–water partition coefficient (Wildman–Crippen LogP) is 3.63. The topological polar surface area (TPSA) is 55.3 Å². The number of nitrogens with zero attached hydrogens (tertiary/aromatic N) is 3. The van der Waals surface area contributed by atoms with E-state index in [1.54, 1.807) is 12.4 Å². The summed E-state index contributed by atoms with van der Waals surface area (Å²) in [6.45, 7) is 2.14. The lowest BCUT2D eigenvalue weighted by Crippen LogP contribution is -2.72. The Morgan fingerprint density at radius 3 is 2.14 bits per heavy atom. The molecule has 4 fully saturated rings. The fourth-order valence-corrected chi connectivity index (χ4v) is 4.70. The van der Waals surface area contributed by atoms with Crippen LogP contribution >= 0.6 is 0 Å². The van der Waals surface area contributed by atoms with Gasteiger partial charge in [0.05, 0.1) is 24.3 Å². The van der Waals surface area contributed by atoms with Crippen molar-refractivity contribution in [1.82, 2.24) is 14.9 Å². The zero-order chi connectivity index (χ0) is 19.4. The molecule has 2 aliphatic heterocycles. The molecule has 2 aromatic rings. The lowest BCUT2D eigenvalue weighted by Gasteiger charge is -2.57. The van der Waals surface area contributed by atoms with E-state index in [-0.39, 0.29) is 11.4 Å². The van der Waals surface area contributed by atoms with Crippen LogP contribution in [-0.2, 0) is 17.6 Å². The summed E-state index contributed by atoms with van der Waals surface area (Å²) in [4.78, 5) is 23.7. The molecule has 0 radical (unpaired) electrons. The van der Waals surface area contributed by atoms with Gasteiger partial charge in [-0.1, -0.05) is 18.2 Å². The van der Waals surface area contributed by atoms with Crippen molar-refractivity contribution in [2.75, 3.05) is 19.8 Å². The van der Waals surface area contributed by atoms with Gasteiger partial charge in [-0.25, -0.2) is 9.97 Å². The highest BCUT2D eigenvalue weighted by atomic mass is 16.5. The van der Waals surface area contributed by atoms with Gasteiger partial charge in [-0.05, 0) is 67.1 Å². The van der Waals surface area contributed by atoms with Crippen LogP contribution in [0.1, 0.15) is 76.8 Å². The van der Waals surface area contributed by atoms with E-state index in [0.717, 1.165) is 43.5 Å². The van der Waals surface area contributed by atoms with Gasteiger partial charge in [0.2, 0.25) is 0 Å². The highest BCUT2D eigenvalue weighted by molar-refractivity contribution is 5.94. The Bertz CT molecular complexity index is 907. The molecule has 0 bridgehead atoms. The molecule has 5 nitrogen and oxygen atoms in total. The van der Waals surface area contributed by atoms with Crippen LogP contribution in [0, 0.1) is 0 Å². The van der Waals surface area contributed by atoms with Crippen LogP contribution in [0.4, 0.5) is 0 Å². The van der Waals surface area contributed by atoms with Crippen LogP contribution in [0.5, 0.6) is 0 Å². The average Bonchev–Trinajstić information content (AvgIpc) is 3.56. The first-order chi connectivity index (χ1) is 14.2. The summed E-state index contributed by atoms with van der Waals surface area (Å²) in [6, 6.07) is 7.24. The number of hydrogen-bond acceptors (Lipinski definition) is 4. The van der Waals surface area contributed by atoms with Crippen molar-refractivity contribution in [2.45, 2.75) is 62.3 Å². The van der Waals surface area contributed by atoms with E-state index in [2.05, 4.69) is 28.2 Å². The Morgan fingerprint density at radius 2 is 1.66 bits per heavy atom. The molecule has 2 saturated heterocycles. The first kappa shape index (κ1) is 17.6. The highest BCUT2D eigenvalue weighted by Gasteiger charge is 2.53. The van der Waals surface area contributed by atoms with Crippen molar-refractivity contribution in [3.05, 3.63) is 58.7 Å². The highest BCUT2D eigenvalue weighted by Crippen LogP contribution is 2.45. The van der Waals surface area contributed by atoms with E-state index in [9.17, 15) is 4.79 Å². The smallest absolute Gasteiger partial charge is 0.257 e. The van der Waals surface area contributed by atoms with Crippen LogP contribution < -0.4 is 0 Å². The van der Waals surface area contributed by atoms with E-state index >= 15 is 0 Å². The lowest BCUT2D eigenvalue weighted by atomic mass is 9.82. The maximum absolute atomic E-state index is 12.7. The maximum Gasteiger partial charge on any atom is 0.257 e. The van der Waals surface area contributed by atoms with E-state index in [4.69, 9.17) is 4.74 Å². The minimum absolute atomic E-state index is 0.0392. The number of benzene rings is 1. The fourth-order valence-electron chi connectivity index (χ4n) is 4.70. The largest absolute Gasteiger partial charge is 0.376 e. The minimum Gasteiger partial charge on any atom is -0.376 e. The van der Waals surface area contributed by atoms with Crippen molar-refractivity contribution in [2.24, 2.45) is 0 Å². The quantitative estimate of drug-likeness (QED) is 0.757. The van der Waals surface area contributed by atoms with Crippen LogP contribution in [0.25, 0.3) is 0 Å². The molecular weight excluding hydrogens is 362 g/mol. The number of ether oxygens (including phenoxy) is 1. The maximum atomic E-state index is 12.7. The number of hydrogen-bond donors (Lipinski definition) is 0. The molecule has 1 aromatic carbocycles. The van der Waals surface area contributed by atoms with Crippen LogP contribution in [-0.4, -0.2) is 46.1 Å². The van der Waals surface area contributed by atoms with Gasteiger partial charge in [0, 0.05) is 25.4 Å². The van der Waals surface area contributed by atoms with Crippen molar-refractivity contribution in [3.63, 3.8) is 0 Å². The Morgan fingerprint density at radius 1 is 1.00 bits per heavy atom. The molecule has 4 aliphatic rings. The summed E-state index contributed by atoms with van der Waals surface area (Å²) in [7, 11) is 0. The molecule has 5 heteroatoms. The van der Waals surface area contributed by atoms with Gasteiger partial charge < -0.3 is 9.64 Å². The lowest BCUT2D eigenvalue weighted by molar-refractivity contribution is -0.172. The molecule has 0 N–H and O–H groups in total. The third-order valence-corrected chi connectivity index (χ3v) is 7.08. The number of aromatic nitrogens is 2. The normalized spacial score (nSPS) is 22.3. The van der Waals surface area contributed by atoms with E-state index < -0.39 is 0 Å². The van der Waals surface area contributed by atoms with Gasteiger partial charge in [0.1, 0.15) is 5.82 Å². The Labute approximate surface area is 171 Å². The fraction of sp³-hybridized carbons (Fsp3) is 0.542. The number of carbonyl (C=O) groups excluding carboxylic acids is 1. The van der Waals surface area contributed by atoms with Crippen molar-refractivity contribution in [3.8, 4) is 0 Å².